The predicted molar refractivity (Wildman–Crippen MR) is 79.6 cm³/mol. The van der Waals surface area contributed by atoms with E-state index in [1.165, 1.54) is 18.2 Å². The third kappa shape index (κ3) is 1.57. The molecule has 23 heavy (non-hydrogen) atoms. The Hall–Kier alpha value is -2.54. The number of amides is 2. The van der Waals surface area contributed by atoms with E-state index in [-0.39, 0.29) is 11.4 Å². The van der Waals surface area contributed by atoms with Crippen LogP contribution in [0.5, 0.6) is 0 Å². The maximum atomic E-state index is 12.9. The van der Waals surface area contributed by atoms with E-state index in [9.17, 15) is 19.7 Å². The van der Waals surface area contributed by atoms with Gasteiger partial charge in [0.25, 0.3) is 5.69 Å². The number of fused-ring (bicyclic) bond motifs is 5. The van der Waals surface area contributed by atoms with Crippen molar-refractivity contribution in [2.45, 2.75) is 25.0 Å². The number of benzene rings is 1. The van der Waals surface area contributed by atoms with Crippen molar-refractivity contribution in [3.05, 3.63) is 46.5 Å². The molecule has 3 aliphatic heterocycles. The van der Waals surface area contributed by atoms with Crippen molar-refractivity contribution in [2.24, 2.45) is 11.8 Å². The van der Waals surface area contributed by atoms with Gasteiger partial charge in [-0.15, -0.1) is 0 Å². The molecule has 2 bridgehead atoms. The second-order valence-electron chi connectivity index (χ2n) is 6.52. The maximum absolute atomic E-state index is 12.9. The Bertz CT molecular complexity index is 767. The minimum Gasteiger partial charge on any atom is -0.359 e. The lowest BCUT2D eigenvalue weighted by Crippen LogP contribution is -2.39. The zero-order chi connectivity index (χ0) is 16.6. The van der Waals surface area contributed by atoms with Crippen molar-refractivity contribution in [3.8, 4) is 0 Å². The van der Waals surface area contributed by atoms with Crippen LogP contribution >= 0.6 is 0 Å². The van der Waals surface area contributed by atoms with Crippen LogP contribution < -0.4 is 4.90 Å². The molecule has 1 aromatic rings. The molecular weight excluding hydrogens is 300 g/mol. The third-order valence-electron chi connectivity index (χ3n) is 5.05. The number of imide groups is 1. The Labute approximate surface area is 131 Å². The second kappa shape index (κ2) is 4.05. The summed E-state index contributed by atoms with van der Waals surface area (Å²) in [6.45, 7) is 3.54. The molecule has 2 saturated heterocycles. The molecule has 7 heteroatoms. The van der Waals surface area contributed by atoms with E-state index >= 15 is 0 Å². The molecule has 3 aliphatic rings. The summed E-state index contributed by atoms with van der Waals surface area (Å²) in [5.41, 5.74) is -1.92. The number of carbonyl (C=O) groups is 2. The maximum Gasteiger partial charge on any atom is 0.293 e. The minimum atomic E-state index is -0.843. The quantitative estimate of drug-likeness (QED) is 0.359. The van der Waals surface area contributed by atoms with Crippen LogP contribution in [0.15, 0.2) is 36.4 Å². The van der Waals surface area contributed by atoms with Gasteiger partial charge in [-0.05, 0) is 19.9 Å². The van der Waals surface area contributed by atoms with Gasteiger partial charge in [0.15, 0.2) is 0 Å². The number of nitro groups is 1. The van der Waals surface area contributed by atoms with Gasteiger partial charge in [-0.25, -0.2) is 4.90 Å². The number of hydrogen-bond acceptors (Lipinski definition) is 5. The summed E-state index contributed by atoms with van der Waals surface area (Å²) < 4.78 is 5.90. The van der Waals surface area contributed by atoms with Crippen molar-refractivity contribution >= 4 is 23.2 Å². The molecule has 0 radical (unpaired) electrons. The number of rotatable bonds is 2. The van der Waals surface area contributed by atoms with Crippen LogP contribution in [-0.4, -0.2) is 27.9 Å². The van der Waals surface area contributed by atoms with Crippen LogP contribution in [0, 0.1) is 22.0 Å². The fourth-order valence-electron chi connectivity index (χ4n) is 4.08. The number of carbonyl (C=O) groups excluding carboxylic acids is 2. The summed E-state index contributed by atoms with van der Waals surface area (Å²) in [5, 5.41) is 11.2. The van der Waals surface area contributed by atoms with Gasteiger partial charge >= 0.3 is 0 Å². The minimum absolute atomic E-state index is 0.0218. The molecule has 7 nitrogen and oxygen atoms in total. The molecule has 0 spiro atoms. The molecule has 0 saturated carbocycles. The molecule has 0 N–H and O–H groups in total. The number of ether oxygens (including phenoxy) is 1. The SMILES string of the molecule is C[C@@]12C=C[C@](C)(O1)[C@H]1C(=O)N(c3ccccc3[N+](=O)[O-])C(=O)[C@@H]12. The van der Waals surface area contributed by atoms with E-state index < -0.39 is 39.8 Å². The fraction of sp³-hybridized carbons (Fsp3) is 0.375. The van der Waals surface area contributed by atoms with Crippen molar-refractivity contribution < 1.29 is 19.2 Å². The summed E-state index contributed by atoms with van der Waals surface area (Å²) in [6, 6.07) is 5.79. The van der Waals surface area contributed by atoms with Crippen molar-refractivity contribution in [2.75, 3.05) is 4.90 Å². The smallest absolute Gasteiger partial charge is 0.293 e. The van der Waals surface area contributed by atoms with Crippen LogP contribution in [0.2, 0.25) is 0 Å². The first-order valence-corrected chi connectivity index (χ1v) is 7.30. The highest BCUT2D eigenvalue weighted by molar-refractivity contribution is 6.24. The molecule has 0 aliphatic carbocycles. The Morgan fingerprint density at radius 1 is 1.09 bits per heavy atom. The first kappa shape index (κ1) is 14.1. The van der Waals surface area contributed by atoms with Gasteiger partial charge in [-0.2, -0.15) is 0 Å². The van der Waals surface area contributed by atoms with E-state index in [1.54, 1.807) is 19.9 Å². The van der Waals surface area contributed by atoms with Gasteiger partial charge in [-0.3, -0.25) is 19.7 Å². The zero-order valence-electron chi connectivity index (χ0n) is 12.6. The van der Waals surface area contributed by atoms with Crippen molar-refractivity contribution in [1.29, 1.82) is 0 Å². The van der Waals surface area contributed by atoms with E-state index in [0.717, 1.165) is 4.90 Å². The highest BCUT2D eigenvalue weighted by atomic mass is 16.6. The number of para-hydroxylation sites is 2. The zero-order valence-corrected chi connectivity index (χ0v) is 12.6. The van der Waals surface area contributed by atoms with Crippen LogP contribution in [0.4, 0.5) is 11.4 Å². The highest BCUT2D eigenvalue weighted by Gasteiger charge is 2.70. The summed E-state index contributed by atoms with van der Waals surface area (Å²) in [7, 11) is 0. The first-order chi connectivity index (χ1) is 10.8. The molecule has 3 heterocycles. The number of hydrogen-bond donors (Lipinski definition) is 0. The summed E-state index contributed by atoms with van der Waals surface area (Å²) >= 11 is 0. The van der Waals surface area contributed by atoms with E-state index in [4.69, 9.17) is 4.74 Å². The molecular formula is C16H14N2O5. The third-order valence-corrected chi connectivity index (χ3v) is 5.05. The predicted octanol–water partition coefficient (Wildman–Crippen LogP) is 1.82. The lowest BCUT2D eigenvalue weighted by Gasteiger charge is -2.25. The average molecular weight is 314 g/mol. The summed E-state index contributed by atoms with van der Waals surface area (Å²) in [4.78, 5) is 37.4. The van der Waals surface area contributed by atoms with Gasteiger partial charge in [0.2, 0.25) is 11.8 Å². The van der Waals surface area contributed by atoms with Crippen molar-refractivity contribution in [3.63, 3.8) is 0 Å². The molecule has 4 rings (SSSR count). The first-order valence-electron chi connectivity index (χ1n) is 7.30. The van der Waals surface area contributed by atoms with Crippen molar-refractivity contribution in [1.82, 2.24) is 0 Å². The molecule has 0 unspecified atom stereocenters. The van der Waals surface area contributed by atoms with Gasteiger partial charge in [0.05, 0.1) is 28.0 Å². The van der Waals surface area contributed by atoms with Gasteiger partial charge < -0.3 is 4.74 Å². The number of nitrogens with zero attached hydrogens (tertiary/aromatic N) is 2. The summed E-state index contributed by atoms with van der Waals surface area (Å²) in [5.74, 6) is -2.18. The van der Waals surface area contributed by atoms with E-state index in [2.05, 4.69) is 0 Å². The second-order valence-corrected chi connectivity index (χ2v) is 6.52. The van der Waals surface area contributed by atoms with E-state index in [0.29, 0.717) is 0 Å². The van der Waals surface area contributed by atoms with Crippen LogP contribution in [0.3, 0.4) is 0 Å². The Balaban J connectivity index is 1.85. The van der Waals surface area contributed by atoms with E-state index in [1.807, 2.05) is 12.2 Å². The number of anilines is 1. The van der Waals surface area contributed by atoms with Crippen LogP contribution in [0.25, 0.3) is 0 Å². The highest BCUT2D eigenvalue weighted by Crippen LogP contribution is 2.57. The molecule has 2 fully saturated rings. The van der Waals surface area contributed by atoms with Crippen LogP contribution in [-0.2, 0) is 14.3 Å². The Morgan fingerprint density at radius 2 is 1.61 bits per heavy atom. The lowest BCUT2D eigenvalue weighted by molar-refractivity contribution is -0.384. The normalized spacial score (nSPS) is 37.6. The molecule has 118 valence electrons. The molecule has 1 aromatic carbocycles. The molecule has 2 amide bonds. The fourth-order valence-corrected chi connectivity index (χ4v) is 4.08. The van der Waals surface area contributed by atoms with Gasteiger partial charge in [0.1, 0.15) is 5.69 Å². The number of nitro benzene ring substituents is 1. The lowest BCUT2D eigenvalue weighted by atomic mass is 9.73. The van der Waals surface area contributed by atoms with Gasteiger partial charge in [-0.1, -0.05) is 24.3 Å². The summed E-state index contributed by atoms with van der Waals surface area (Å²) in [6.07, 6.45) is 3.62. The molecule has 0 aromatic heterocycles. The monoisotopic (exact) mass is 314 g/mol. The van der Waals surface area contributed by atoms with Crippen LogP contribution in [0.1, 0.15) is 13.8 Å². The Kier molecular flexibility index (Phi) is 2.48. The largest absolute Gasteiger partial charge is 0.359 e. The standard InChI is InChI=1S/C16H14N2O5/c1-15-7-8-16(2,23-15)12-11(15)13(19)17(14(12)20)9-5-3-4-6-10(9)18(21)22/h3-8,11-12H,1-2H3/t11-,12-,15+,16+/m1/s1. The molecule has 4 atom stereocenters. The Morgan fingerprint density at radius 3 is 2.13 bits per heavy atom. The topological polar surface area (TPSA) is 89.8 Å². The van der Waals surface area contributed by atoms with Gasteiger partial charge in [0, 0.05) is 6.07 Å². The average Bonchev–Trinajstić information content (AvgIpc) is 3.04.